The van der Waals surface area contributed by atoms with Crippen LogP contribution in [-0.4, -0.2) is 0 Å². The Hall–Kier alpha value is -2.08. The fraction of sp³-hybridized carbons (Fsp3) is 0.304. The van der Waals surface area contributed by atoms with Crippen molar-refractivity contribution in [2.24, 2.45) is 5.92 Å². The molecule has 0 heteroatoms. The third kappa shape index (κ3) is 2.28. The van der Waals surface area contributed by atoms with E-state index in [1.807, 2.05) is 0 Å². The van der Waals surface area contributed by atoms with Crippen molar-refractivity contribution in [2.75, 3.05) is 0 Å². The number of hydrogen-bond donors (Lipinski definition) is 0. The van der Waals surface area contributed by atoms with E-state index in [2.05, 4.69) is 70.2 Å². The molecular formula is C23H24. The molecule has 0 atom stereocenters. The van der Waals surface area contributed by atoms with Gasteiger partial charge >= 0.3 is 0 Å². The fourth-order valence-corrected chi connectivity index (χ4v) is 4.07. The van der Waals surface area contributed by atoms with Gasteiger partial charge in [-0.05, 0) is 96.5 Å². The molecule has 0 fully saturated rings. The Morgan fingerprint density at radius 3 is 2.22 bits per heavy atom. The molecule has 0 aliphatic heterocycles. The average molecular weight is 300 g/mol. The first-order valence-electron chi connectivity index (χ1n) is 8.62. The van der Waals surface area contributed by atoms with Crippen molar-refractivity contribution in [3.8, 4) is 11.1 Å². The van der Waals surface area contributed by atoms with E-state index in [4.69, 9.17) is 0 Å². The molecule has 0 spiro atoms. The molecule has 4 rings (SSSR count). The van der Waals surface area contributed by atoms with Crippen LogP contribution in [0.1, 0.15) is 38.9 Å². The highest BCUT2D eigenvalue weighted by Crippen LogP contribution is 2.42. The Morgan fingerprint density at radius 1 is 0.826 bits per heavy atom. The first-order chi connectivity index (χ1) is 11.0. The molecule has 0 unspecified atom stereocenters. The van der Waals surface area contributed by atoms with Gasteiger partial charge in [-0.15, -0.1) is 0 Å². The molecule has 2 aliphatic carbocycles. The largest absolute Gasteiger partial charge is 0.0773 e. The highest BCUT2D eigenvalue weighted by atomic mass is 14.3. The minimum atomic E-state index is 0.562. The molecule has 23 heavy (non-hydrogen) atoms. The molecule has 2 aliphatic rings. The fourth-order valence-electron chi connectivity index (χ4n) is 4.07. The van der Waals surface area contributed by atoms with Crippen LogP contribution >= 0.6 is 0 Å². The molecule has 0 heterocycles. The molecule has 0 bridgehead atoms. The maximum absolute atomic E-state index is 2.41. The second kappa shape index (κ2) is 5.23. The summed E-state index contributed by atoms with van der Waals surface area (Å²) in [5.74, 6) is 0.562. The average Bonchev–Trinajstić information content (AvgIpc) is 3.13. The van der Waals surface area contributed by atoms with Gasteiger partial charge < -0.3 is 0 Å². The summed E-state index contributed by atoms with van der Waals surface area (Å²) in [6.45, 7) is 9.01. The predicted molar refractivity (Wildman–Crippen MR) is 99.1 cm³/mol. The van der Waals surface area contributed by atoms with Crippen molar-refractivity contribution in [1.29, 1.82) is 0 Å². The summed E-state index contributed by atoms with van der Waals surface area (Å²) in [4.78, 5) is 0. The lowest BCUT2D eigenvalue weighted by molar-refractivity contribution is 0.801. The first-order valence-corrected chi connectivity index (χ1v) is 8.62. The third-order valence-electron chi connectivity index (χ3n) is 5.74. The van der Waals surface area contributed by atoms with E-state index in [1.54, 1.807) is 11.1 Å². The Kier molecular flexibility index (Phi) is 3.30. The van der Waals surface area contributed by atoms with Gasteiger partial charge in [0.2, 0.25) is 0 Å². The van der Waals surface area contributed by atoms with E-state index in [-0.39, 0.29) is 0 Å². The van der Waals surface area contributed by atoms with Crippen LogP contribution in [0.25, 0.3) is 11.1 Å². The van der Waals surface area contributed by atoms with Gasteiger partial charge in [0.1, 0.15) is 0 Å². The zero-order chi connectivity index (χ0) is 16.1. The van der Waals surface area contributed by atoms with Crippen LogP contribution in [-0.2, 0) is 12.8 Å². The lowest BCUT2D eigenvalue weighted by Gasteiger charge is -2.17. The summed E-state index contributed by atoms with van der Waals surface area (Å²) < 4.78 is 0. The molecule has 116 valence electrons. The van der Waals surface area contributed by atoms with Crippen molar-refractivity contribution < 1.29 is 0 Å². The van der Waals surface area contributed by atoms with Crippen LogP contribution in [0.2, 0.25) is 0 Å². The second-order valence-electron chi connectivity index (χ2n) is 7.23. The van der Waals surface area contributed by atoms with Gasteiger partial charge in [0.15, 0.2) is 0 Å². The monoisotopic (exact) mass is 300 g/mol. The van der Waals surface area contributed by atoms with E-state index in [1.165, 1.54) is 38.9 Å². The van der Waals surface area contributed by atoms with E-state index in [9.17, 15) is 0 Å². The molecule has 0 nitrogen and oxygen atoms in total. The van der Waals surface area contributed by atoms with E-state index < -0.39 is 0 Å². The molecule has 0 radical (unpaired) electrons. The number of fused-ring (bicyclic) bond motifs is 3. The summed E-state index contributed by atoms with van der Waals surface area (Å²) >= 11 is 0. The smallest absolute Gasteiger partial charge is 0.000662 e. The maximum Gasteiger partial charge on any atom is -0.000662 e. The Balaban J connectivity index is 1.87. The third-order valence-corrected chi connectivity index (χ3v) is 5.74. The zero-order valence-corrected chi connectivity index (χ0v) is 14.5. The van der Waals surface area contributed by atoms with Crippen LogP contribution in [0.5, 0.6) is 0 Å². The number of benzene rings is 2. The molecule has 0 amide bonds. The van der Waals surface area contributed by atoms with Gasteiger partial charge in [0, 0.05) is 0 Å². The van der Waals surface area contributed by atoms with Crippen molar-refractivity contribution in [3.05, 3.63) is 81.4 Å². The molecule has 0 saturated heterocycles. The molecular weight excluding hydrogens is 276 g/mol. The van der Waals surface area contributed by atoms with Crippen LogP contribution in [0, 0.1) is 33.6 Å². The molecule has 2 aromatic carbocycles. The lowest BCUT2D eigenvalue weighted by Crippen LogP contribution is -2.04. The van der Waals surface area contributed by atoms with Crippen LogP contribution in [0.3, 0.4) is 0 Å². The van der Waals surface area contributed by atoms with Gasteiger partial charge in [-0.25, -0.2) is 0 Å². The molecule has 2 aromatic rings. The van der Waals surface area contributed by atoms with Gasteiger partial charge in [0.05, 0.1) is 0 Å². The van der Waals surface area contributed by atoms with Crippen molar-refractivity contribution >= 4 is 0 Å². The number of hydrogen-bond acceptors (Lipinski definition) is 0. The minimum absolute atomic E-state index is 0.562. The van der Waals surface area contributed by atoms with Crippen LogP contribution < -0.4 is 0 Å². The normalized spacial score (nSPS) is 15.3. The Morgan fingerprint density at radius 2 is 1.48 bits per heavy atom. The van der Waals surface area contributed by atoms with Gasteiger partial charge in [0.25, 0.3) is 0 Å². The summed E-state index contributed by atoms with van der Waals surface area (Å²) in [5.41, 5.74) is 13.3. The van der Waals surface area contributed by atoms with E-state index in [0.29, 0.717) is 5.92 Å². The summed E-state index contributed by atoms with van der Waals surface area (Å²) in [6, 6.07) is 7.20. The summed E-state index contributed by atoms with van der Waals surface area (Å²) in [7, 11) is 0. The van der Waals surface area contributed by atoms with E-state index >= 15 is 0 Å². The molecule has 0 aromatic heterocycles. The first kappa shape index (κ1) is 14.5. The van der Waals surface area contributed by atoms with Gasteiger partial charge in [-0.1, -0.05) is 42.5 Å². The highest BCUT2D eigenvalue weighted by Gasteiger charge is 2.25. The summed E-state index contributed by atoms with van der Waals surface area (Å²) in [5, 5.41) is 0. The number of aryl methyl sites for hydroxylation is 3. The SMILES string of the molecule is Cc1cc2c(cc1C)-c1cc(C)c(C)c(CC3C=CC=C3)c1C2. The second-order valence-corrected chi connectivity index (χ2v) is 7.23. The Labute approximate surface area is 139 Å². The van der Waals surface area contributed by atoms with Gasteiger partial charge in [-0.3, -0.25) is 0 Å². The topological polar surface area (TPSA) is 0 Å². The van der Waals surface area contributed by atoms with Crippen molar-refractivity contribution in [3.63, 3.8) is 0 Å². The molecule has 0 saturated carbocycles. The summed E-state index contributed by atoms with van der Waals surface area (Å²) in [6.07, 6.45) is 11.2. The maximum atomic E-state index is 2.41. The highest BCUT2D eigenvalue weighted by molar-refractivity contribution is 5.80. The quantitative estimate of drug-likeness (QED) is 0.563. The van der Waals surface area contributed by atoms with E-state index in [0.717, 1.165) is 12.8 Å². The minimum Gasteiger partial charge on any atom is -0.0773 e. The van der Waals surface area contributed by atoms with Crippen molar-refractivity contribution in [2.45, 2.75) is 40.5 Å². The van der Waals surface area contributed by atoms with Gasteiger partial charge in [-0.2, -0.15) is 0 Å². The lowest BCUT2D eigenvalue weighted by atomic mass is 9.87. The van der Waals surface area contributed by atoms with Crippen LogP contribution in [0.15, 0.2) is 42.5 Å². The standard InChI is InChI=1S/C23H24/c1-14-9-19-13-23-20(12-18-7-5-6-8-18)17(4)16(3)11-22(23)21(19)10-15(14)2/h5-11,18H,12-13H2,1-4H3. The Bertz CT molecular complexity index is 850. The molecule has 0 N–H and O–H groups in total. The number of allylic oxidation sites excluding steroid dienone is 4. The van der Waals surface area contributed by atoms with Crippen LogP contribution in [0.4, 0.5) is 0 Å². The predicted octanol–water partition coefficient (Wildman–Crippen LogP) is 5.78. The number of rotatable bonds is 2. The van der Waals surface area contributed by atoms with Crippen molar-refractivity contribution in [1.82, 2.24) is 0 Å². The zero-order valence-electron chi connectivity index (χ0n) is 14.5.